The van der Waals surface area contributed by atoms with Gasteiger partial charge in [-0.15, -0.1) is 0 Å². The molecule has 0 amide bonds. The van der Waals surface area contributed by atoms with Crippen LogP contribution < -0.4 is 0 Å². The van der Waals surface area contributed by atoms with Gasteiger partial charge >= 0.3 is 0 Å². The number of phenols is 1. The van der Waals surface area contributed by atoms with Gasteiger partial charge in [0.2, 0.25) is 0 Å². The van der Waals surface area contributed by atoms with E-state index in [1.807, 2.05) is 24.3 Å². The van der Waals surface area contributed by atoms with Gasteiger partial charge in [-0.1, -0.05) is 24.3 Å². The summed E-state index contributed by atoms with van der Waals surface area (Å²) in [5, 5.41) is 10.6. The lowest BCUT2D eigenvalue weighted by molar-refractivity contribution is 0.468. The number of halogens is 1. The molecule has 0 atom stereocenters. The van der Waals surface area contributed by atoms with E-state index in [0.29, 0.717) is 5.69 Å². The lowest BCUT2D eigenvalue weighted by Crippen LogP contribution is -1.88. The number of rotatable bonds is 2. The van der Waals surface area contributed by atoms with Crippen LogP contribution >= 0.6 is 0 Å². The first-order valence-electron chi connectivity index (χ1n) is 6.11. The lowest BCUT2D eigenvalue weighted by Gasteiger charge is -2.02. The molecule has 0 unspecified atom stereocenters. The number of hydrogen-bond acceptors (Lipinski definition) is 3. The van der Waals surface area contributed by atoms with E-state index >= 15 is 0 Å². The quantitative estimate of drug-likeness (QED) is 0.716. The van der Waals surface area contributed by atoms with E-state index in [4.69, 9.17) is 0 Å². The predicted octanol–water partition coefficient (Wildman–Crippen LogP) is 3.83. The molecular weight excluding hydrogens is 255 g/mol. The van der Waals surface area contributed by atoms with Crippen LogP contribution in [0.3, 0.4) is 0 Å². The molecule has 1 N–H and O–H groups in total. The summed E-state index contributed by atoms with van der Waals surface area (Å²) in [5.41, 5.74) is 1.44. The Bertz CT molecular complexity index is 774. The molecule has 20 heavy (non-hydrogen) atoms. The molecule has 0 radical (unpaired) electrons. The van der Waals surface area contributed by atoms with E-state index in [0.717, 1.165) is 10.9 Å². The number of benzene rings is 2. The molecule has 3 rings (SSSR count). The van der Waals surface area contributed by atoms with Gasteiger partial charge in [0, 0.05) is 17.8 Å². The monoisotopic (exact) mass is 266 g/mol. The highest BCUT2D eigenvalue weighted by Gasteiger charge is 2.05. The molecule has 2 aromatic carbocycles. The smallest absolute Gasteiger partial charge is 0.135 e. The molecule has 4 heteroatoms. The van der Waals surface area contributed by atoms with Crippen LogP contribution in [0, 0.1) is 5.82 Å². The van der Waals surface area contributed by atoms with E-state index in [1.165, 1.54) is 24.4 Å². The molecular formula is C16H11FN2O. The minimum absolute atomic E-state index is 0.0698. The molecule has 0 saturated carbocycles. The van der Waals surface area contributed by atoms with Gasteiger partial charge in [-0.25, -0.2) is 4.39 Å². The molecule has 0 aliphatic heterocycles. The van der Waals surface area contributed by atoms with Crippen LogP contribution in [-0.2, 0) is 0 Å². The molecule has 0 saturated heterocycles. The minimum atomic E-state index is -0.512. The highest BCUT2D eigenvalue weighted by atomic mass is 19.1. The third kappa shape index (κ3) is 2.23. The van der Waals surface area contributed by atoms with Gasteiger partial charge in [0.05, 0.1) is 16.8 Å². The third-order valence-corrected chi connectivity index (χ3v) is 2.97. The molecule has 3 aromatic rings. The predicted molar refractivity (Wildman–Crippen MR) is 77.1 cm³/mol. The maximum absolute atomic E-state index is 13.6. The number of fused-ring (bicyclic) bond motifs is 1. The van der Waals surface area contributed by atoms with E-state index in [2.05, 4.69) is 9.98 Å². The van der Waals surface area contributed by atoms with Crippen LogP contribution in [0.15, 0.2) is 59.7 Å². The summed E-state index contributed by atoms with van der Waals surface area (Å²) >= 11 is 0. The molecule has 0 bridgehead atoms. The topological polar surface area (TPSA) is 45.5 Å². The van der Waals surface area contributed by atoms with Gasteiger partial charge < -0.3 is 5.11 Å². The van der Waals surface area contributed by atoms with Crippen molar-refractivity contribution in [3.8, 4) is 5.75 Å². The summed E-state index contributed by atoms with van der Waals surface area (Å²) in [6.07, 6.45) is 3.00. The van der Waals surface area contributed by atoms with Gasteiger partial charge in [-0.3, -0.25) is 9.98 Å². The zero-order valence-corrected chi connectivity index (χ0v) is 10.5. The summed E-state index contributed by atoms with van der Waals surface area (Å²) in [7, 11) is 0. The van der Waals surface area contributed by atoms with Crippen molar-refractivity contribution in [3.05, 3.63) is 66.1 Å². The van der Waals surface area contributed by atoms with E-state index in [1.54, 1.807) is 12.3 Å². The van der Waals surface area contributed by atoms with Crippen molar-refractivity contribution in [2.75, 3.05) is 0 Å². The summed E-state index contributed by atoms with van der Waals surface area (Å²) in [6.45, 7) is 0. The molecule has 0 spiro atoms. The molecule has 3 nitrogen and oxygen atoms in total. The van der Waals surface area contributed by atoms with Crippen molar-refractivity contribution in [1.82, 2.24) is 4.98 Å². The van der Waals surface area contributed by atoms with Gasteiger partial charge in [-0.05, 0) is 24.3 Å². The Morgan fingerprint density at radius 1 is 1.05 bits per heavy atom. The van der Waals surface area contributed by atoms with Crippen molar-refractivity contribution < 1.29 is 9.50 Å². The zero-order valence-electron chi connectivity index (χ0n) is 10.5. The Kier molecular flexibility index (Phi) is 3.13. The highest BCUT2D eigenvalue weighted by Crippen LogP contribution is 2.24. The van der Waals surface area contributed by atoms with E-state index < -0.39 is 5.82 Å². The van der Waals surface area contributed by atoms with E-state index in [9.17, 15) is 9.50 Å². The second kappa shape index (κ2) is 5.09. The fourth-order valence-corrected chi connectivity index (χ4v) is 1.98. The Labute approximate surface area is 115 Å². The number of hydrogen-bond donors (Lipinski definition) is 1. The van der Waals surface area contributed by atoms with Crippen LogP contribution in [0.25, 0.3) is 10.9 Å². The van der Waals surface area contributed by atoms with Crippen molar-refractivity contribution in [3.63, 3.8) is 0 Å². The number of para-hydroxylation sites is 1. The average molecular weight is 266 g/mol. The molecule has 1 aromatic heterocycles. The summed E-state index contributed by atoms with van der Waals surface area (Å²) in [4.78, 5) is 8.51. The molecule has 98 valence electrons. The first kappa shape index (κ1) is 12.3. The normalized spacial score (nSPS) is 11.2. The van der Waals surface area contributed by atoms with Crippen LogP contribution in [0.4, 0.5) is 10.1 Å². The summed E-state index contributed by atoms with van der Waals surface area (Å²) in [6, 6.07) is 13.5. The van der Waals surface area contributed by atoms with Crippen molar-refractivity contribution in [2.24, 2.45) is 4.99 Å². The Morgan fingerprint density at radius 3 is 2.70 bits per heavy atom. The van der Waals surface area contributed by atoms with E-state index in [-0.39, 0.29) is 11.3 Å². The second-order valence-electron chi connectivity index (χ2n) is 4.28. The molecule has 1 heterocycles. The maximum Gasteiger partial charge on any atom is 0.135 e. The van der Waals surface area contributed by atoms with Gasteiger partial charge in [0.15, 0.2) is 0 Å². The van der Waals surface area contributed by atoms with Gasteiger partial charge in [-0.2, -0.15) is 0 Å². The van der Waals surface area contributed by atoms with Gasteiger partial charge in [0.25, 0.3) is 0 Å². The molecule has 0 fully saturated rings. The lowest BCUT2D eigenvalue weighted by atomic mass is 10.2. The van der Waals surface area contributed by atoms with Crippen molar-refractivity contribution in [2.45, 2.75) is 0 Å². The first-order valence-corrected chi connectivity index (χ1v) is 6.11. The average Bonchev–Trinajstić information content (AvgIpc) is 2.47. The number of pyridine rings is 1. The highest BCUT2D eigenvalue weighted by molar-refractivity contribution is 5.93. The van der Waals surface area contributed by atoms with Crippen LogP contribution in [0.2, 0.25) is 0 Å². The SMILES string of the molecule is Oc1cccc(F)c1C=Nc1cccc2cccnc12. The zero-order chi connectivity index (χ0) is 13.9. The fourth-order valence-electron chi connectivity index (χ4n) is 1.98. The van der Waals surface area contributed by atoms with Crippen LogP contribution in [-0.4, -0.2) is 16.3 Å². The Balaban J connectivity index is 2.07. The van der Waals surface area contributed by atoms with Crippen molar-refractivity contribution >= 4 is 22.8 Å². The minimum Gasteiger partial charge on any atom is -0.507 e. The summed E-state index contributed by atoms with van der Waals surface area (Å²) < 4.78 is 13.6. The number of phenolic OH excluding ortho intramolecular Hbond substituents is 1. The largest absolute Gasteiger partial charge is 0.507 e. The number of aromatic hydroxyl groups is 1. The van der Waals surface area contributed by atoms with Crippen molar-refractivity contribution in [1.29, 1.82) is 0 Å². The van der Waals surface area contributed by atoms with Gasteiger partial charge in [0.1, 0.15) is 11.6 Å². The maximum atomic E-state index is 13.6. The fraction of sp³-hybridized carbons (Fsp3) is 0. The molecule has 0 aliphatic rings. The van der Waals surface area contributed by atoms with Crippen LogP contribution in [0.1, 0.15) is 5.56 Å². The standard InChI is InChI=1S/C16H11FN2O/c17-13-6-2-8-15(20)12(13)10-19-14-7-1-4-11-5-3-9-18-16(11)14/h1-10,20H. The third-order valence-electron chi connectivity index (χ3n) is 2.97. The second-order valence-corrected chi connectivity index (χ2v) is 4.28. The van der Waals surface area contributed by atoms with Crippen LogP contribution in [0.5, 0.6) is 5.75 Å². The molecule has 0 aliphatic carbocycles. The number of aliphatic imine (C=N–C) groups is 1. The Hall–Kier alpha value is -2.75. The number of nitrogens with zero attached hydrogens (tertiary/aromatic N) is 2. The summed E-state index contributed by atoms with van der Waals surface area (Å²) in [5.74, 6) is -0.649. The Morgan fingerprint density at radius 2 is 1.85 bits per heavy atom. The number of aromatic nitrogens is 1. The first-order chi connectivity index (χ1) is 9.75.